The van der Waals surface area contributed by atoms with E-state index in [0.29, 0.717) is 12.6 Å². The highest BCUT2D eigenvalue weighted by Gasteiger charge is 2.25. The molecule has 76 valence electrons. The Kier molecular flexibility index (Phi) is 4.02. The lowest BCUT2D eigenvalue weighted by Crippen LogP contribution is -2.57. The molecule has 0 aliphatic carbocycles. The average molecular weight is 186 g/mol. The van der Waals surface area contributed by atoms with E-state index in [0.717, 1.165) is 25.9 Å². The van der Waals surface area contributed by atoms with Gasteiger partial charge in [-0.05, 0) is 6.42 Å². The van der Waals surface area contributed by atoms with Crippen molar-refractivity contribution in [2.75, 3.05) is 26.7 Å². The number of carbonyl (C=O) groups excluding carboxylic acids is 1. The molecule has 1 saturated heterocycles. The molecule has 0 spiro atoms. The van der Waals surface area contributed by atoms with Crippen LogP contribution in [0.4, 0.5) is 4.79 Å². The maximum Gasteiger partial charge on any atom is 0.409 e. The average Bonchev–Trinajstić information content (AvgIpc) is 2.01. The van der Waals surface area contributed by atoms with Gasteiger partial charge in [0.15, 0.2) is 0 Å². The molecule has 0 radical (unpaired) electrons. The van der Waals surface area contributed by atoms with E-state index in [4.69, 9.17) is 4.74 Å². The summed E-state index contributed by atoms with van der Waals surface area (Å²) in [6.07, 6.45) is 1.81. The minimum atomic E-state index is -0.194. The van der Waals surface area contributed by atoms with Crippen LogP contribution in [0.25, 0.3) is 0 Å². The Hall–Kier alpha value is -0.770. The third-order valence-corrected chi connectivity index (χ3v) is 2.32. The fraction of sp³-hybridized carbons (Fsp3) is 0.889. The molecule has 0 saturated carbocycles. The molecule has 1 fully saturated rings. The number of amides is 1. The molecule has 0 bridgehead atoms. The number of ether oxygens (including phenoxy) is 1. The zero-order chi connectivity index (χ0) is 9.68. The molecule has 4 nitrogen and oxygen atoms in total. The number of rotatable bonds is 4. The fourth-order valence-electron chi connectivity index (χ4n) is 1.10. The van der Waals surface area contributed by atoms with Gasteiger partial charge in [-0.15, -0.1) is 0 Å². The summed E-state index contributed by atoms with van der Waals surface area (Å²) in [5.74, 6) is 0. The van der Waals surface area contributed by atoms with Crippen molar-refractivity contribution in [3.63, 3.8) is 0 Å². The minimum absolute atomic E-state index is 0.194. The van der Waals surface area contributed by atoms with Crippen molar-refractivity contribution in [3.8, 4) is 0 Å². The zero-order valence-corrected chi connectivity index (χ0v) is 8.38. The van der Waals surface area contributed by atoms with Gasteiger partial charge in [-0.1, -0.05) is 13.3 Å². The van der Waals surface area contributed by atoms with Crippen molar-refractivity contribution in [2.45, 2.75) is 25.8 Å². The Balaban J connectivity index is 2.13. The van der Waals surface area contributed by atoms with Gasteiger partial charge < -0.3 is 15.0 Å². The Morgan fingerprint density at radius 3 is 2.77 bits per heavy atom. The molecule has 1 N–H and O–H groups in total. The second-order valence-electron chi connectivity index (χ2n) is 3.39. The zero-order valence-electron chi connectivity index (χ0n) is 8.38. The minimum Gasteiger partial charge on any atom is -0.449 e. The smallest absolute Gasteiger partial charge is 0.409 e. The lowest BCUT2D eigenvalue weighted by atomic mass is 10.2. The largest absolute Gasteiger partial charge is 0.449 e. The van der Waals surface area contributed by atoms with Gasteiger partial charge in [0.1, 0.15) is 0 Å². The number of unbranched alkanes of at least 4 members (excludes halogenated alkanes) is 1. The van der Waals surface area contributed by atoms with Gasteiger partial charge in [-0.3, -0.25) is 0 Å². The van der Waals surface area contributed by atoms with Gasteiger partial charge in [0, 0.05) is 20.1 Å². The number of carbonyl (C=O) groups is 1. The third-order valence-electron chi connectivity index (χ3n) is 2.32. The van der Waals surface area contributed by atoms with E-state index in [1.807, 2.05) is 0 Å². The molecule has 1 aliphatic heterocycles. The monoisotopic (exact) mass is 186 g/mol. The van der Waals surface area contributed by atoms with E-state index >= 15 is 0 Å². The molecule has 13 heavy (non-hydrogen) atoms. The second kappa shape index (κ2) is 5.07. The van der Waals surface area contributed by atoms with E-state index in [1.165, 1.54) is 0 Å². The summed E-state index contributed by atoms with van der Waals surface area (Å²) in [5.41, 5.74) is 0. The Morgan fingerprint density at radius 1 is 1.62 bits per heavy atom. The first-order valence-corrected chi connectivity index (χ1v) is 4.86. The SMILES string of the molecule is CCCCOC(=O)N(C)C1CNC1. The van der Waals surface area contributed by atoms with E-state index in [9.17, 15) is 4.79 Å². The van der Waals surface area contributed by atoms with Gasteiger partial charge in [0.2, 0.25) is 0 Å². The first-order chi connectivity index (χ1) is 6.25. The molecule has 1 aliphatic rings. The Morgan fingerprint density at radius 2 is 2.31 bits per heavy atom. The lowest BCUT2D eigenvalue weighted by molar-refractivity contribution is 0.0849. The van der Waals surface area contributed by atoms with Gasteiger partial charge in [0.05, 0.1) is 12.6 Å². The number of hydrogen-bond acceptors (Lipinski definition) is 3. The molecule has 4 heteroatoms. The summed E-state index contributed by atoms with van der Waals surface area (Å²) in [6.45, 7) is 4.39. The van der Waals surface area contributed by atoms with Crippen LogP contribution in [0.2, 0.25) is 0 Å². The van der Waals surface area contributed by atoms with Crippen molar-refractivity contribution < 1.29 is 9.53 Å². The van der Waals surface area contributed by atoms with Crippen molar-refractivity contribution >= 4 is 6.09 Å². The number of nitrogens with one attached hydrogen (secondary N) is 1. The van der Waals surface area contributed by atoms with Gasteiger partial charge in [-0.25, -0.2) is 4.79 Å². The summed E-state index contributed by atoms with van der Waals surface area (Å²) in [4.78, 5) is 13.0. The van der Waals surface area contributed by atoms with Gasteiger partial charge in [0.25, 0.3) is 0 Å². The van der Waals surface area contributed by atoms with Crippen LogP contribution in [0.5, 0.6) is 0 Å². The quantitative estimate of drug-likeness (QED) is 0.661. The van der Waals surface area contributed by atoms with Crippen molar-refractivity contribution in [3.05, 3.63) is 0 Å². The van der Waals surface area contributed by atoms with Crippen LogP contribution in [-0.4, -0.2) is 43.8 Å². The first kappa shape index (κ1) is 10.3. The Labute approximate surface area is 79.2 Å². The van der Waals surface area contributed by atoms with Crippen LogP contribution >= 0.6 is 0 Å². The van der Waals surface area contributed by atoms with E-state index in [1.54, 1.807) is 11.9 Å². The normalized spacial score (nSPS) is 16.5. The third kappa shape index (κ3) is 2.88. The molecule has 0 aromatic heterocycles. The maximum atomic E-state index is 11.3. The lowest BCUT2D eigenvalue weighted by Gasteiger charge is -2.34. The molecule has 0 atom stereocenters. The molecular weight excluding hydrogens is 168 g/mol. The summed E-state index contributed by atoms with van der Waals surface area (Å²) < 4.78 is 5.06. The van der Waals surface area contributed by atoms with Crippen LogP contribution < -0.4 is 5.32 Å². The highest BCUT2D eigenvalue weighted by molar-refractivity contribution is 5.67. The van der Waals surface area contributed by atoms with Crippen LogP contribution in [0.3, 0.4) is 0 Å². The molecule has 0 aromatic rings. The summed E-state index contributed by atoms with van der Waals surface area (Å²) in [6, 6.07) is 0.328. The molecule has 1 amide bonds. The van der Waals surface area contributed by atoms with Crippen LogP contribution in [0.15, 0.2) is 0 Å². The summed E-state index contributed by atoms with van der Waals surface area (Å²) >= 11 is 0. The number of likely N-dealkylation sites (N-methyl/N-ethyl adjacent to an activating group) is 1. The molecule has 0 unspecified atom stereocenters. The molecule has 1 rings (SSSR count). The van der Waals surface area contributed by atoms with Crippen molar-refractivity contribution in [2.24, 2.45) is 0 Å². The van der Waals surface area contributed by atoms with Crippen LogP contribution in [0.1, 0.15) is 19.8 Å². The fourth-order valence-corrected chi connectivity index (χ4v) is 1.10. The van der Waals surface area contributed by atoms with E-state index in [2.05, 4.69) is 12.2 Å². The van der Waals surface area contributed by atoms with Gasteiger partial charge >= 0.3 is 6.09 Å². The predicted octanol–water partition coefficient (Wildman–Crippen LogP) is 0.827. The van der Waals surface area contributed by atoms with Crippen molar-refractivity contribution in [1.82, 2.24) is 10.2 Å². The first-order valence-electron chi connectivity index (χ1n) is 4.86. The molecular formula is C9H18N2O2. The standard InChI is InChI=1S/C9H18N2O2/c1-3-4-5-13-9(12)11(2)8-6-10-7-8/h8,10H,3-7H2,1-2H3. The predicted molar refractivity (Wildman–Crippen MR) is 50.7 cm³/mol. The van der Waals surface area contributed by atoms with Gasteiger partial charge in [-0.2, -0.15) is 0 Å². The maximum absolute atomic E-state index is 11.3. The molecule has 0 aromatic carbocycles. The summed E-state index contributed by atoms with van der Waals surface area (Å²) in [5, 5.41) is 3.11. The van der Waals surface area contributed by atoms with Crippen LogP contribution in [-0.2, 0) is 4.74 Å². The van der Waals surface area contributed by atoms with E-state index < -0.39 is 0 Å². The van der Waals surface area contributed by atoms with E-state index in [-0.39, 0.29) is 6.09 Å². The topological polar surface area (TPSA) is 41.6 Å². The van der Waals surface area contributed by atoms with Crippen molar-refractivity contribution in [1.29, 1.82) is 0 Å². The highest BCUT2D eigenvalue weighted by atomic mass is 16.6. The number of nitrogens with zero attached hydrogens (tertiary/aromatic N) is 1. The van der Waals surface area contributed by atoms with Crippen LogP contribution in [0, 0.1) is 0 Å². The molecule has 1 heterocycles. The second-order valence-corrected chi connectivity index (χ2v) is 3.39. The number of hydrogen-bond donors (Lipinski definition) is 1. The summed E-state index contributed by atoms with van der Waals surface area (Å²) in [7, 11) is 1.79. The Bertz CT molecular complexity index is 169. The highest BCUT2D eigenvalue weighted by Crippen LogP contribution is 2.04.